The Bertz CT molecular complexity index is 553. The minimum Gasteiger partial charge on any atom is -0.348 e. The molecule has 5 heteroatoms. The van der Waals surface area contributed by atoms with Crippen LogP contribution in [0.25, 0.3) is 0 Å². The summed E-state index contributed by atoms with van der Waals surface area (Å²) in [5.74, 6) is 0. The lowest BCUT2D eigenvalue weighted by Crippen LogP contribution is -2.45. The maximum Gasteiger partial charge on any atom is 0.435 e. The maximum atomic E-state index is 12.3. The zero-order valence-corrected chi connectivity index (χ0v) is 12.9. The van der Waals surface area contributed by atoms with Gasteiger partial charge in [0.05, 0.1) is 5.54 Å². The zero-order chi connectivity index (χ0) is 14.7. The van der Waals surface area contributed by atoms with E-state index in [9.17, 15) is 4.79 Å². The first kappa shape index (κ1) is 13.7. The quantitative estimate of drug-likeness (QED) is 0.783. The lowest BCUT2D eigenvalue weighted by Gasteiger charge is -2.31. The predicted octanol–water partition coefficient (Wildman–Crippen LogP) is 4.05. The number of amides is 1. The van der Waals surface area contributed by atoms with Crippen LogP contribution in [0.15, 0.2) is 24.3 Å². The van der Waals surface area contributed by atoms with Gasteiger partial charge < -0.3 is 4.84 Å². The van der Waals surface area contributed by atoms with E-state index in [-0.39, 0.29) is 23.2 Å². The molecular weight excluding hydrogens is 276 g/mol. The van der Waals surface area contributed by atoms with E-state index in [0.717, 1.165) is 12.1 Å². The topological polar surface area (TPSA) is 32.8 Å². The SMILES string of the molecule is CC1(C)CC(C)(C)N2OC(=O)N(c3ccc(Cl)cc3)C21. The normalized spacial score (nSPS) is 27.6. The van der Waals surface area contributed by atoms with Gasteiger partial charge >= 0.3 is 6.09 Å². The van der Waals surface area contributed by atoms with Crippen LogP contribution in [0.4, 0.5) is 10.5 Å². The van der Waals surface area contributed by atoms with Gasteiger partial charge in [0.2, 0.25) is 0 Å². The third kappa shape index (κ3) is 1.90. The maximum absolute atomic E-state index is 12.3. The van der Waals surface area contributed by atoms with Crippen molar-refractivity contribution in [2.24, 2.45) is 5.41 Å². The Morgan fingerprint density at radius 1 is 1.20 bits per heavy atom. The summed E-state index contributed by atoms with van der Waals surface area (Å²) in [5.41, 5.74) is 0.609. The third-order valence-corrected chi connectivity index (χ3v) is 4.38. The van der Waals surface area contributed by atoms with Gasteiger partial charge in [0.25, 0.3) is 0 Å². The Kier molecular flexibility index (Phi) is 2.82. The van der Waals surface area contributed by atoms with E-state index in [4.69, 9.17) is 16.4 Å². The number of carbonyl (C=O) groups excluding carboxylic acids is 1. The standard InChI is InChI=1S/C15H19ClN2O2/c1-14(2)9-15(3,4)18-12(14)17(13(19)20-18)11-7-5-10(16)6-8-11/h5-8,12H,9H2,1-4H3. The highest BCUT2D eigenvalue weighted by atomic mass is 35.5. The molecule has 1 amide bonds. The number of hydroxylamine groups is 2. The number of halogens is 1. The third-order valence-electron chi connectivity index (χ3n) is 4.13. The van der Waals surface area contributed by atoms with E-state index in [1.807, 2.05) is 17.2 Å². The van der Waals surface area contributed by atoms with E-state index in [1.165, 1.54) is 0 Å². The number of anilines is 1. The first-order valence-corrected chi connectivity index (χ1v) is 7.16. The molecule has 4 nitrogen and oxygen atoms in total. The van der Waals surface area contributed by atoms with Gasteiger partial charge in [-0.2, -0.15) is 0 Å². The first-order valence-electron chi connectivity index (χ1n) is 6.78. The average Bonchev–Trinajstić information content (AvgIpc) is 2.75. The first-order chi connectivity index (χ1) is 9.22. The van der Waals surface area contributed by atoms with Gasteiger partial charge in [-0.1, -0.05) is 25.4 Å². The Morgan fingerprint density at radius 2 is 1.80 bits per heavy atom. The minimum absolute atomic E-state index is 0.0463. The highest BCUT2D eigenvalue weighted by Gasteiger charge is 2.61. The summed E-state index contributed by atoms with van der Waals surface area (Å²) in [4.78, 5) is 19.5. The Balaban J connectivity index is 2.04. The number of carbonyl (C=O) groups is 1. The van der Waals surface area contributed by atoms with Crippen molar-refractivity contribution in [3.05, 3.63) is 29.3 Å². The fraction of sp³-hybridized carbons (Fsp3) is 0.533. The summed E-state index contributed by atoms with van der Waals surface area (Å²) in [6, 6.07) is 7.29. The van der Waals surface area contributed by atoms with Crippen LogP contribution in [0.1, 0.15) is 34.1 Å². The number of benzene rings is 1. The Morgan fingerprint density at radius 3 is 2.40 bits per heavy atom. The second kappa shape index (κ2) is 4.12. The molecule has 1 atom stereocenters. The molecule has 0 aromatic heterocycles. The molecule has 0 radical (unpaired) electrons. The van der Waals surface area contributed by atoms with E-state index < -0.39 is 0 Å². The van der Waals surface area contributed by atoms with Gasteiger partial charge in [-0.05, 0) is 44.5 Å². The van der Waals surface area contributed by atoms with Gasteiger partial charge in [0.1, 0.15) is 6.17 Å². The van der Waals surface area contributed by atoms with Gasteiger partial charge in [-0.15, -0.1) is 5.06 Å². The molecule has 2 fully saturated rings. The molecule has 20 heavy (non-hydrogen) atoms. The second-order valence-electron chi connectivity index (χ2n) is 6.88. The number of rotatable bonds is 1. The number of fused-ring (bicyclic) bond motifs is 1. The number of hydrogen-bond acceptors (Lipinski definition) is 3. The predicted molar refractivity (Wildman–Crippen MR) is 78.5 cm³/mol. The molecule has 0 saturated carbocycles. The molecule has 0 aliphatic carbocycles. The van der Waals surface area contributed by atoms with Crippen LogP contribution < -0.4 is 4.90 Å². The molecule has 0 bridgehead atoms. The Hall–Kier alpha value is -1.26. The summed E-state index contributed by atoms with van der Waals surface area (Å²) in [5, 5.41) is 2.49. The highest BCUT2D eigenvalue weighted by molar-refractivity contribution is 6.30. The smallest absolute Gasteiger partial charge is 0.348 e. The molecule has 1 unspecified atom stereocenters. The Labute approximate surface area is 124 Å². The number of hydrogen-bond donors (Lipinski definition) is 0. The molecule has 2 heterocycles. The minimum atomic E-state index is -0.321. The molecule has 1 aromatic rings. The van der Waals surface area contributed by atoms with E-state index >= 15 is 0 Å². The monoisotopic (exact) mass is 294 g/mol. The lowest BCUT2D eigenvalue weighted by molar-refractivity contribution is -0.134. The van der Waals surface area contributed by atoms with Gasteiger partial charge in [0.15, 0.2) is 0 Å². The summed E-state index contributed by atoms with van der Waals surface area (Å²) < 4.78 is 0. The van der Waals surface area contributed by atoms with Crippen molar-refractivity contribution in [3.8, 4) is 0 Å². The van der Waals surface area contributed by atoms with Crippen molar-refractivity contribution < 1.29 is 9.63 Å². The van der Waals surface area contributed by atoms with E-state index in [0.29, 0.717) is 5.02 Å². The molecular formula is C15H19ClN2O2. The van der Waals surface area contributed by atoms with E-state index in [2.05, 4.69) is 27.7 Å². The molecule has 1 aromatic carbocycles. The van der Waals surface area contributed by atoms with Crippen molar-refractivity contribution in [1.29, 1.82) is 0 Å². The molecule has 0 spiro atoms. The fourth-order valence-electron chi connectivity index (χ4n) is 3.64. The van der Waals surface area contributed by atoms with Gasteiger partial charge in [0, 0.05) is 16.1 Å². The fourth-order valence-corrected chi connectivity index (χ4v) is 3.76. The van der Waals surface area contributed by atoms with Crippen LogP contribution in [0.5, 0.6) is 0 Å². The van der Waals surface area contributed by atoms with Crippen molar-refractivity contribution in [2.45, 2.75) is 45.8 Å². The van der Waals surface area contributed by atoms with Crippen LogP contribution in [0.3, 0.4) is 0 Å². The highest BCUT2D eigenvalue weighted by Crippen LogP contribution is 2.51. The van der Waals surface area contributed by atoms with Crippen LogP contribution >= 0.6 is 11.6 Å². The summed E-state index contributed by atoms with van der Waals surface area (Å²) in [6.45, 7) is 8.55. The van der Waals surface area contributed by atoms with Crippen LogP contribution in [0.2, 0.25) is 5.02 Å². The largest absolute Gasteiger partial charge is 0.435 e. The molecule has 3 rings (SSSR count). The zero-order valence-electron chi connectivity index (χ0n) is 12.2. The van der Waals surface area contributed by atoms with Crippen LogP contribution in [0, 0.1) is 5.41 Å². The molecule has 2 aliphatic rings. The molecule has 2 aliphatic heterocycles. The summed E-state index contributed by atoms with van der Waals surface area (Å²) >= 11 is 5.92. The van der Waals surface area contributed by atoms with Crippen molar-refractivity contribution >= 4 is 23.4 Å². The van der Waals surface area contributed by atoms with Gasteiger partial charge in [-0.3, -0.25) is 4.90 Å². The van der Waals surface area contributed by atoms with Crippen LogP contribution in [-0.4, -0.2) is 22.9 Å². The molecule has 2 saturated heterocycles. The molecule has 108 valence electrons. The van der Waals surface area contributed by atoms with Crippen molar-refractivity contribution in [2.75, 3.05) is 4.90 Å². The molecule has 0 N–H and O–H groups in total. The van der Waals surface area contributed by atoms with Gasteiger partial charge in [-0.25, -0.2) is 4.79 Å². The number of nitrogens with zero attached hydrogens (tertiary/aromatic N) is 2. The summed E-state index contributed by atoms with van der Waals surface area (Å²) in [7, 11) is 0. The van der Waals surface area contributed by atoms with E-state index in [1.54, 1.807) is 17.0 Å². The average molecular weight is 295 g/mol. The lowest BCUT2D eigenvalue weighted by atomic mass is 9.83. The summed E-state index contributed by atoms with van der Waals surface area (Å²) in [6.07, 6.45) is 0.548. The van der Waals surface area contributed by atoms with Crippen molar-refractivity contribution in [3.63, 3.8) is 0 Å². The van der Waals surface area contributed by atoms with Crippen LogP contribution in [-0.2, 0) is 4.84 Å². The van der Waals surface area contributed by atoms with Crippen molar-refractivity contribution in [1.82, 2.24) is 5.06 Å². The second-order valence-corrected chi connectivity index (χ2v) is 7.32.